The molecule has 1 spiro atoms. The number of pyridine rings is 1. The number of carbonyl (C=O) groups is 2. The third-order valence-electron chi connectivity index (χ3n) is 4.59. The van der Waals surface area contributed by atoms with Crippen LogP contribution in [0.2, 0.25) is 0 Å². The van der Waals surface area contributed by atoms with Crippen LogP contribution in [0.3, 0.4) is 0 Å². The molecule has 0 radical (unpaired) electrons. The number of carboxylic acid groups (broad SMARTS) is 1. The lowest BCUT2D eigenvalue weighted by Gasteiger charge is -2.21. The number of carboxylic acids is 1. The second-order valence-corrected chi connectivity index (χ2v) is 5.79. The topological polar surface area (TPSA) is 79.7 Å². The first-order chi connectivity index (χ1) is 10.1. The number of aliphatic carboxylic acids is 1. The van der Waals surface area contributed by atoms with Gasteiger partial charge in [0.05, 0.1) is 18.6 Å². The summed E-state index contributed by atoms with van der Waals surface area (Å²) in [6.07, 6.45) is 6.53. The molecule has 21 heavy (non-hydrogen) atoms. The fourth-order valence-corrected chi connectivity index (χ4v) is 3.70. The van der Waals surface area contributed by atoms with E-state index in [4.69, 9.17) is 4.74 Å². The van der Waals surface area contributed by atoms with Gasteiger partial charge in [0.1, 0.15) is 11.5 Å². The van der Waals surface area contributed by atoms with Crippen LogP contribution in [0, 0.1) is 11.8 Å². The van der Waals surface area contributed by atoms with E-state index in [1.807, 2.05) is 18.2 Å². The second kappa shape index (κ2) is 4.14. The number of carbonyl (C=O) groups excluding carboxylic acids is 1. The molecular weight excluding hydrogens is 272 g/mol. The Bertz CT molecular complexity index is 644. The largest absolute Gasteiger partial charge is 0.481 e. The Kier molecular flexibility index (Phi) is 2.47. The van der Waals surface area contributed by atoms with E-state index in [2.05, 4.69) is 4.98 Å². The first-order valence-corrected chi connectivity index (χ1v) is 6.88. The lowest BCUT2D eigenvalue weighted by molar-refractivity contribution is -0.148. The van der Waals surface area contributed by atoms with Crippen molar-refractivity contribution in [3.05, 3.63) is 42.2 Å². The van der Waals surface area contributed by atoms with Crippen molar-refractivity contribution in [2.75, 3.05) is 6.54 Å². The van der Waals surface area contributed by atoms with Crippen molar-refractivity contribution >= 4 is 11.9 Å². The van der Waals surface area contributed by atoms with Gasteiger partial charge in [-0.25, -0.2) is 0 Å². The number of nitrogens with zero attached hydrogens (tertiary/aromatic N) is 2. The molecule has 1 aromatic heterocycles. The minimum absolute atomic E-state index is 0.133. The van der Waals surface area contributed by atoms with E-state index in [-0.39, 0.29) is 5.91 Å². The summed E-state index contributed by atoms with van der Waals surface area (Å²) >= 11 is 0. The number of ether oxygens (including phenoxy) is 1. The number of likely N-dealkylation sites (tertiary alicyclic amines) is 1. The second-order valence-electron chi connectivity index (χ2n) is 5.79. The zero-order valence-corrected chi connectivity index (χ0v) is 11.2. The molecule has 1 N–H and O–H groups in total. The lowest BCUT2D eigenvalue weighted by Crippen LogP contribution is -2.39. The van der Waals surface area contributed by atoms with Gasteiger partial charge in [-0.15, -0.1) is 0 Å². The Morgan fingerprint density at radius 2 is 2.24 bits per heavy atom. The number of aromatic nitrogens is 1. The van der Waals surface area contributed by atoms with E-state index < -0.39 is 29.5 Å². The van der Waals surface area contributed by atoms with Crippen LogP contribution in [0.4, 0.5) is 0 Å². The molecule has 2 saturated heterocycles. The Balaban J connectivity index is 1.63. The zero-order chi connectivity index (χ0) is 14.6. The molecule has 3 aliphatic rings. The summed E-state index contributed by atoms with van der Waals surface area (Å²) in [5, 5.41) is 9.38. The first kappa shape index (κ1) is 12.5. The van der Waals surface area contributed by atoms with Gasteiger partial charge in [0.2, 0.25) is 5.91 Å². The van der Waals surface area contributed by atoms with E-state index in [1.54, 1.807) is 23.4 Å². The average Bonchev–Trinajstić information content (AvgIpc) is 3.09. The Morgan fingerprint density at radius 3 is 2.95 bits per heavy atom. The molecule has 4 atom stereocenters. The molecule has 0 aromatic carbocycles. The van der Waals surface area contributed by atoms with Gasteiger partial charge in [0.25, 0.3) is 0 Å². The maximum absolute atomic E-state index is 12.6. The Hall–Kier alpha value is -2.21. The highest BCUT2D eigenvalue weighted by Gasteiger charge is 2.66. The monoisotopic (exact) mass is 286 g/mol. The summed E-state index contributed by atoms with van der Waals surface area (Å²) in [5.74, 6) is -2.47. The van der Waals surface area contributed by atoms with Crippen molar-refractivity contribution < 1.29 is 19.4 Å². The fourth-order valence-electron chi connectivity index (χ4n) is 3.70. The van der Waals surface area contributed by atoms with E-state index in [9.17, 15) is 14.7 Å². The Morgan fingerprint density at radius 1 is 1.48 bits per heavy atom. The van der Waals surface area contributed by atoms with Crippen LogP contribution in [0.15, 0.2) is 36.7 Å². The highest BCUT2D eigenvalue weighted by molar-refractivity contribution is 5.90. The van der Waals surface area contributed by atoms with Gasteiger partial charge in [-0.05, 0) is 17.7 Å². The maximum atomic E-state index is 12.6. The highest BCUT2D eigenvalue weighted by Crippen LogP contribution is 2.52. The molecule has 2 fully saturated rings. The zero-order valence-electron chi connectivity index (χ0n) is 11.2. The van der Waals surface area contributed by atoms with Crippen LogP contribution in [0.1, 0.15) is 5.56 Å². The van der Waals surface area contributed by atoms with Crippen LogP contribution in [-0.4, -0.2) is 45.1 Å². The smallest absolute Gasteiger partial charge is 0.310 e. The van der Waals surface area contributed by atoms with E-state index in [1.165, 1.54) is 0 Å². The number of amides is 1. The third-order valence-corrected chi connectivity index (χ3v) is 4.59. The standard InChI is InChI=1S/C15H14N2O4/c18-13-12-11(14(19)20)10-1-4-15(12,21-10)8-17(13)7-9-2-5-16-6-3-9/h1-6,10-12H,7-8H2,(H,19,20)/t10-,11+,12-,15-/m1/s1. The molecule has 108 valence electrons. The molecule has 1 amide bonds. The van der Waals surface area contributed by atoms with Gasteiger partial charge in [-0.1, -0.05) is 12.2 Å². The molecule has 1 aromatic rings. The van der Waals surface area contributed by atoms with Crippen molar-refractivity contribution in [3.63, 3.8) is 0 Å². The predicted molar refractivity (Wildman–Crippen MR) is 71.0 cm³/mol. The molecule has 0 saturated carbocycles. The molecule has 4 rings (SSSR count). The first-order valence-electron chi connectivity index (χ1n) is 6.88. The maximum Gasteiger partial charge on any atom is 0.310 e. The number of hydrogen-bond acceptors (Lipinski definition) is 4. The summed E-state index contributed by atoms with van der Waals surface area (Å²) in [4.78, 5) is 29.7. The summed E-state index contributed by atoms with van der Waals surface area (Å²) < 4.78 is 5.83. The Labute approximate surface area is 121 Å². The van der Waals surface area contributed by atoms with Crippen molar-refractivity contribution in [3.8, 4) is 0 Å². The fraction of sp³-hybridized carbons (Fsp3) is 0.400. The molecule has 2 bridgehead atoms. The van der Waals surface area contributed by atoms with Crippen LogP contribution < -0.4 is 0 Å². The summed E-state index contributed by atoms with van der Waals surface area (Å²) in [6.45, 7) is 0.864. The van der Waals surface area contributed by atoms with E-state index >= 15 is 0 Å². The molecule has 3 aliphatic heterocycles. The van der Waals surface area contributed by atoms with Crippen molar-refractivity contribution in [2.24, 2.45) is 11.8 Å². The quantitative estimate of drug-likeness (QED) is 0.816. The van der Waals surface area contributed by atoms with E-state index in [0.29, 0.717) is 13.1 Å². The van der Waals surface area contributed by atoms with Gasteiger partial charge in [-0.3, -0.25) is 14.6 Å². The molecule has 6 heteroatoms. The average molecular weight is 286 g/mol. The molecule has 0 aliphatic carbocycles. The molecule has 0 unspecified atom stereocenters. The van der Waals surface area contributed by atoms with Crippen LogP contribution in [-0.2, 0) is 20.9 Å². The highest BCUT2D eigenvalue weighted by atomic mass is 16.5. The summed E-state index contributed by atoms with van der Waals surface area (Å²) in [6, 6.07) is 3.70. The minimum Gasteiger partial charge on any atom is -0.481 e. The lowest BCUT2D eigenvalue weighted by atomic mass is 9.77. The van der Waals surface area contributed by atoms with Crippen molar-refractivity contribution in [1.82, 2.24) is 9.88 Å². The normalized spacial score (nSPS) is 36.3. The SMILES string of the molecule is O=C(O)[C@H]1[C@H]2C=C[C@]3(CN(Cc4ccncc4)C(=O)[C@@H]13)O2. The van der Waals surface area contributed by atoms with E-state index in [0.717, 1.165) is 5.56 Å². The molecule has 4 heterocycles. The van der Waals surface area contributed by atoms with Gasteiger partial charge in [-0.2, -0.15) is 0 Å². The summed E-state index contributed by atoms with van der Waals surface area (Å²) in [5.41, 5.74) is 0.220. The van der Waals surface area contributed by atoms with Gasteiger partial charge in [0, 0.05) is 18.9 Å². The molecule has 6 nitrogen and oxygen atoms in total. The van der Waals surface area contributed by atoms with Crippen molar-refractivity contribution in [1.29, 1.82) is 0 Å². The van der Waals surface area contributed by atoms with Gasteiger partial charge >= 0.3 is 5.97 Å². The third kappa shape index (κ3) is 1.65. The van der Waals surface area contributed by atoms with Gasteiger partial charge in [0.15, 0.2) is 0 Å². The van der Waals surface area contributed by atoms with Crippen LogP contribution >= 0.6 is 0 Å². The minimum atomic E-state index is -0.963. The molecular formula is C15H14N2O4. The number of hydrogen-bond donors (Lipinski definition) is 1. The number of rotatable bonds is 3. The predicted octanol–water partition coefficient (Wildman–Crippen LogP) is 0.448. The number of fused-ring (bicyclic) bond motifs is 1. The van der Waals surface area contributed by atoms with Gasteiger partial charge < -0.3 is 14.7 Å². The van der Waals surface area contributed by atoms with Crippen LogP contribution in [0.25, 0.3) is 0 Å². The van der Waals surface area contributed by atoms with Crippen molar-refractivity contribution in [2.45, 2.75) is 18.2 Å². The van der Waals surface area contributed by atoms with Crippen LogP contribution in [0.5, 0.6) is 0 Å². The summed E-state index contributed by atoms with van der Waals surface area (Å²) in [7, 11) is 0.